The van der Waals surface area contributed by atoms with Crippen LogP contribution < -0.4 is 0 Å². The zero-order chi connectivity index (χ0) is 13.8. The van der Waals surface area contributed by atoms with Crippen LogP contribution in [0.1, 0.15) is 22.2 Å². The minimum atomic E-state index is -0.000578. The minimum Gasteiger partial charge on any atom is -0.334 e. The van der Waals surface area contributed by atoms with Crippen molar-refractivity contribution in [2.75, 3.05) is 6.54 Å². The molecule has 2 aromatic rings. The van der Waals surface area contributed by atoms with Gasteiger partial charge in [0, 0.05) is 18.1 Å². The van der Waals surface area contributed by atoms with Crippen molar-refractivity contribution in [2.24, 2.45) is 0 Å². The summed E-state index contributed by atoms with van der Waals surface area (Å²) in [7, 11) is 0. The highest BCUT2D eigenvalue weighted by molar-refractivity contribution is 7.17. The molecule has 1 heterocycles. The smallest absolute Gasteiger partial charge is 0.264 e. The van der Waals surface area contributed by atoms with Gasteiger partial charge in [-0.25, -0.2) is 0 Å². The van der Waals surface area contributed by atoms with Crippen LogP contribution in [0.3, 0.4) is 0 Å². The highest BCUT2D eigenvalue weighted by Gasteiger charge is 2.16. The van der Waals surface area contributed by atoms with Gasteiger partial charge in [0.1, 0.15) is 0 Å². The molecule has 0 saturated heterocycles. The lowest BCUT2D eigenvalue weighted by atomic mass is 10.2. The zero-order valence-electron chi connectivity index (χ0n) is 10.4. The van der Waals surface area contributed by atoms with Gasteiger partial charge in [-0.1, -0.05) is 35.3 Å². The normalized spacial score (nSPS) is 10.5. The van der Waals surface area contributed by atoms with Gasteiger partial charge in [0.2, 0.25) is 0 Å². The van der Waals surface area contributed by atoms with Crippen LogP contribution in [0.5, 0.6) is 0 Å². The molecule has 0 fully saturated rings. The average Bonchev–Trinajstić information content (AvgIpc) is 2.82. The third-order valence-electron chi connectivity index (χ3n) is 2.72. The zero-order valence-corrected chi connectivity index (χ0v) is 12.7. The third-order valence-corrected chi connectivity index (χ3v) is 4.17. The van der Waals surface area contributed by atoms with Crippen LogP contribution in [0.2, 0.25) is 9.36 Å². The second kappa shape index (κ2) is 6.42. The average molecular weight is 314 g/mol. The second-order valence-corrected chi connectivity index (χ2v) is 6.20. The van der Waals surface area contributed by atoms with Crippen LogP contribution in [-0.2, 0) is 6.54 Å². The number of rotatable bonds is 4. The van der Waals surface area contributed by atoms with E-state index < -0.39 is 0 Å². The fourth-order valence-corrected chi connectivity index (χ4v) is 2.99. The minimum absolute atomic E-state index is 0.000578. The maximum Gasteiger partial charge on any atom is 0.264 e. The monoisotopic (exact) mass is 313 g/mol. The maximum absolute atomic E-state index is 12.3. The lowest BCUT2D eigenvalue weighted by Gasteiger charge is -2.20. The summed E-state index contributed by atoms with van der Waals surface area (Å²) in [6.07, 6.45) is 0. The number of carbonyl (C=O) groups is 1. The van der Waals surface area contributed by atoms with E-state index in [1.807, 2.05) is 31.2 Å². The van der Waals surface area contributed by atoms with Gasteiger partial charge < -0.3 is 4.90 Å². The van der Waals surface area contributed by atoms with Crippen molar-refractivity contribution in [2.45, 2.75) is 13.5 Å². The van der Waals surface area contributed by atoms with E-state index in [0.29, 0.717) is 27.3 Å². The lowest BCUT2D eigenvalue weighted by Crippen LogP contribution is -2.29. The Balaban J connectivity index is 2.14. The standard InChI is InChI=1S/C14H13Cl2NOS/c1-2-17(9-10-4-3-5-11(15)8-10)14(18)12-6-7-13(16)19-12/h3-8H,2,9H2,1H3. The molecule has 0 atom stereocenters. The molecule has 0 radical (unpaired) electrons. The molecule has 0 aliphatic rings. The Morgan fingerprint density at radius 1 is 1.26 bits per heavy atom. The van der Waals surface area contributed by atoms with Gasteiger partial charge in [-0.3, -0.25) is 4.79 Å². The van der Waals surface area contributed by atoms with Gasteiger partial charge in [-0.2, -0.15) is 0 Å². The third kappa shape index (κ3) is 3.72. The summed E-state index contributed by atoms with van der Waals surface area (Å²) in [5.41, 5.74) is 1.02. The fraction of sp³-hybridized carbons (Fsp3) is 0.214. The van der Waals surface area contributed by atoms with Gasteiger partial charge in [0.15, 0.2) is 0 Å². The fourth-order valence-electron chi connectivity index (χ4n) is 1.77. The van der Waals surface area contributed by atoms with Crippen molar-refractivity contribution < 1.29 is 4.79 Å². The van der Waals surface area contributed by atoms with Crippen molar-refractivity contribution in [3.63, 3.8) is 0 Å². The van der Waals surface area contributed by atoms with Crippen molar-refractivity contribution in [3.8, 4) is 0 Å². The summed E-state index contributed by atoms with van der Waals surface area (Å²) >= 11 is 13.1. The molecular formula is C14H13Cl2NOS. The molecule has 0 unspecified atom stereocenters. The highest BCUT2D eigenvalue weighted by atomic mass is 35.5. The quantitative estimate of drug-likeness (QED) is 0.800. The van der Waals surface area contributed by atoms with Crippen LogP contribution in [0, 0.1) is 0 Å². The molecule has 100 valence electrons. The van der Waals surface area contributed by atoms with Crippen molar-refractivity contribution in [1.29, 1.82) is 0 Å². The van der Waals surface area contributed by atoms with Crippen molar-refractivity contribution in [1.82, 2.24) is 4.90 Å². The molecule has 5 heteroatoms. The summed E-state index contributed by atoms with van der Waals surface area (Å²) in [6, 6.07) is 11.0. The molecule has 2 nitrogen and oxygen atoms in total. The number of carbonyl (C=O) groups excluding carboxylic acids is 1. The number of hydrogen-bond donors (Lipinski definition) is 0. The molecule has 1 amide bonds. The number of halogens is 2. The SMILES string of the molecule is CCN(Cc1cccc(Cl)c1)C(=O)c1ccc(Cl)s1. The number of hydrogen-bond acceptors (Lipinski definition) is 2. The van der Waals surface area contributed by atoms with E-state index in [9.17, 15) is 4.79 Å². The van der Waals surface area contributed by atoms with Gasteiger partial charge in [0.05, 0.1) is 9.21 Å². The van der Waals surface area contributed by atoms with Gasteiger partial charge in [0.25, 0.3) is 5.91 Å². The van der Waals surface area contributed by atoms with E-state index in [1.165, 1.54) is 11.3 Å². The molecule has 1 aromatic carbocycles. The number of thiophene rings is 1. The molecule has 0 saturated carbocycles. The molecule has 19 heavy (non-hydrogen) atoms. The van der Waals surface area contributed by atoms with Crippen molar-refractivity contribution in [3.05, 3.63) is 56.2 Å². The predicted octanol–water partition coefficient (Wildman–Crippen LogP) is 4.72. The van der Waals surface area contributed by atoms with Gasteiger partial charge in [-0.05, 0) is 36.8 Å². The molecular weight excluding hydrogens is 301 g/mol. The van der Waals surface area contributed by atoms with E-state index in [-0.39, 0.29) is 5.91 Å². The second-order valence-electron chi connectivity index (χ2n) is 4.05. The molecule has 2 rings (SSSR count). The lowest BCUT2D eigenvalue weighted by molar-refractivity contribution is 0.0757. The number of amides is 1. The molecule has 0 N–H and O–H groups in total. The Kier molecular flexibility index (Phi) is 4.86. The Morgan fingerprint density at radius 3 is 2.63 bits per heavy atom. The molecule has 0 bridgehead atoms. The highest BCUT2D eigenvalue weighted by Crippen LogP contribution is 2.23. The van der Waals surface area contributed by atoms with E-state index >= 15 is 0 Å². The molecule has 0 spiro atoms. The van der Waals surface area contributed by atoms with Crippen LogP contribution in [0.25, 0.3) is 0 Å². The van der Waals surface area contributed by atoms with Gasteiger partial charge >= 0.3 is 0 Å². The summed E-state index contributed by atoms with van der Waals surface area (Å²) < 4.78 is 0.627. The summed E-state index contributed by atoms with van der Waals surface area (Å²) in [5.74, 6) is -0.000578. The summed E-state index contributed by atoms with van der Waals surface area (Å²) in [6.45, 7) is 3.14. The summed E-state index contributed by atoms with van der Waals surface area (Å²) in [5, 5.41) is 0.681. The molecule has 1 aromatic heterocycles. The number of benzene rings is 1. The maximum atomic E-state index is 12.3. The predicted molar refractivity (Wildman–Crippen MR) is 81.2 cm³/mol. The Labute approximate surface area is 126 Å². The first-order valence-electron chi connectivity index (χ1n) is 5.89. The topological polar surface area (TPSA) is 20.3 Å². The first-order valence-corrected chi connectivity index (χ1v) is 7.46. The van der Waals surface area contributed by atoms with Crippen LogP contribution in [-0.4, -0.2) is 17.4 Å². The Morgan fingerprint density at radius 2 is 2.05 bits per heavy atom. The van der Waals surface area contributed by atoms with E-state index in [4.69, 9.17) is 23.2 Å². The van der Waals surface area contributed by atoms with Crippen molar-refractivity contribution >= 4 is 40.4 Å². The van der Waals surface area contributed by atoms with E-state index in [2.05, 4.69) is 0 Å². The largest absolute Gasteiger partial charge is 0.334 e. The molecule has 0 aliphatic carbocycles. The first kappa shape index (κ1) is 14.4. The molecule has 0 aliphatic heterocycles. The Hall–Kier alpha value is -1.03. The van der Waals surface area contributed by atoms with Crippen LogP contribution >= 0.6 is 34.5 Å². The number of nitrogens with zero attached hydrogens (tertiary/aromatic N) is 1. The van der Waals surface area contributed by atoms with E-state index in [0.717, 1.165) is 5.56 Å². The first-order chi connectivity index (χ1) is 9.10. The van der Waals surface area contributed by atoms with Crippen LogP contribution in [0.15, 0.2) is 36.4 Å². The van der Waals surface area contributed by atoms with Gasteiger partial charge in [-0.15, -0.1) is 11.3 Å². The van der Waals surface area contributed by atoms with Crippen LogP contribution in [0.4, 0.5) is 0 Å². The Bertz CT molecular complexity index is 582. The summed E-state index contributed by atoms with van der Waals surface area (Å²) in [4.78, 5) is 14.8. The van der Waals surface area contributed by atoms with E-state index in [1.54, 1.807) is 17.0 Å².